The van der Waals surface area contributed by atoms with Gasteiger partial charge in [-0.05, 0) is 30.3 Å². The molecule has 3 rings (SSSR count). The lowest BCUT2D eigenvalue weighted by Gasteiger charge is -2.09. The number of nitrogens with zero attached hydrogens (tertiary/aromatic N) is 4. The summed E-state index contributed by atoms with van der Waals surface area (Å²) in [5.74, 6) is -0.828. The Bertz CT molecular complexity index is 1120. The van der Waals surface area contributed by atoms with E-state index >= 15 is 0 Å². The van der Waals surface area contributed by atoms with Crippen molar-refractivity contribution < 1.29 is 22.7 Å². The molecule has 0 aliphatic heterocycles. The number of hydrogen-bond donors (Lipinski definition) is 0. The zero-order valence-corrected chi connectivity index (χ0v) is 16.1. The lowest BCUT2D eigenvalue weighted by Crippen LogP contribution is -2.27. The maximum absolute atomic E-state index is 12.8. The summed E-state index contributed by atoms with van der Waals surface area (Å²) in [6, 6.07) is 5.20. The summed E-state index contributed by atoms with van der Waals surface area (Å²) in [7, 11) is 1.14. The van der Waals surface area contributed by atoms with Gasteiger partial charge in [0.2, 0.25) is 0 Å². The molecule has 0 spiro atoms. The van der Waals surface area contributed by atoms with Crippen LogP contribution in [-0.4, -0.2) is 32.4 Å². The standard InChI is InChI=1S/C17H11Cl2F3N4O3/c1-29-13(27)8-25-16(28)26(11-4-2-9(3-5-11)17(20,21)22)15(24-25)14-12(19)6-10(18)7-23-14/h2-7H,8H2,1H3. The minimum Gasteiger partial charge on any atom is -0.468 e. The summed E-state index contributed by atoms with van der Waals surface area (Å²) < 4.78 is 44.9. The highest BCUT2D eigenvalue weighted by Gasteiger charge is 2.30. The number of carbonyl (C=O) groups is 1. The van der Waals surface area contributed by atoms with Crippen molar-refractivity contribution >= 4 is 29.2 Å². The molecule has 0 aliphatic carbocycles. The number of ether oxygens (including phenoxy) is 1. The highest BCUT2D eigenvalue weighted by molar-refractivity contribution is 6.35. The van der Waals surface area contributed by atoms with E-state index in [1.165, 1.54) is 12.3 Å². The number of benzene rings is 1. The van der Waals surface area contributed by atoms with E-state index in [2.05, 4.69) is 14.8 Å². The van der Waals surface area contributed by atoms with E-state index in [0.29, 0.717) is 0 Å². The summed E-state index contributed by atoms with van der Waals surface area (Å²) in [5.41, 5.74) is -1.56. The lowest BCUT2D eigenvalue weighted by molar-refractivity contribution is -0.141. The maximum atomic E-state index is 12.8. The van der Waals surface area contributed by atoms with E-state index < -0.39 is 29.9 Å². The smallest absolute Gasteiger partial charge is 0.416 e. The van der Waals surface area contributed by atoms with Crippen LogP contribution < -0.4 is 5.69 Å². The van der Waals surface area contributed by atoms with Crippen LogP contribution in [0.5, 0.6) is 0 Å². The number of alkyl halides is 3. The van der Waals surface area contributed by atoms with E-state index in [9.17, 15) is 22.8 Å². The largest absolute Gasteiger partial charge is 0.468 e. The Morgan fingerprint density at radius 3 is 2.41 bits per heavy atom. The first-order chi connectivity index (χ1) is 13.6. The van der Waals surface area contributed by atoms with Crippen LogP contribution >= 0.6 is 23.2 Å². The van der Waals surface area contributed by atoms with Crippen LogP contribution in [0.3, 0.4) is 0 Å². The molecule has 152 valence electrons. The third-order valence-electron chi connectivity index (χ3n) is 3.82. The number of carbonyl (C=O) groups excluding carboxylic acids is 1. The van der Waals surface area contributed by atoms with E-state index in [1.54, 1.807) is 0 Å². The molecule has 0 N–H and O–H groups in total. The second kappa shape index (κ2) is 7.88. The number of methoxy groups -OCH3 is 1. The highest BCUT2D eigenvalue weighted by atomic mass is 35.5. The van der Waals surface area contributed by atoms with Gasteiger partial charge >= 0.3 is 17.8 Å². The molecular formula is C17H11Cl2F3N4O3. The summed E-state index contributed by atoms with van der Waals surface area (Å²) in [4.78, 5) is 28.4. The van der Waals surface area contributed by atoms with Gasteiger partial charge in [-0.1, -0.05) is 23.2 Å². The van der Waals surface area contributed by atoms with Crippen LogP contribution in [0.15, 0.2) is 41.3 Å². The Kier molecular flexibility index (Phi) is 5.67. The van der Waals surface area contributed by atoms with E-state index in [1.807, 2.05) is 0 Å². The Morgan fingerprint density at radius 2 is 1.86 bits per heavy atom. The van der Waals surface area contributed by atoms with Gasteiger partial charge in [-0.25, -0.2) is 19.0 Å². The average molecular weight is 447 g/mol. The normalized spacial score (nSPS) is 11.5. The van der Waals surface area contributed by atoms with Gasteiger partial charge in [-0.3, -0.25) is 4.79 Å². The number of halogens is 5. The maximum Gasteiger partial charge on any atom is 0.416 e. The molecule has 0 saturated carbocycles. The zero-order valence-electron chi connectivity index (χ0n) is 14.6. The first kappa shape index (κ1) is 20.9. The molecule has 0 atom stereocenters. The Balaban J connectivity index is 2.21. The quantitative estimate of drug-likeness (QED) is 0.572. The second-order valence-electron chi connectivity index (χ2n) is 5.70. The predicted molar refractivity (Wildman–Crippen MR) is 98.1 cm³/mol. The summed E-state index contributed by atoms with van der Waals surface area (Å²) in [5, 5.41) is 4.35. The molecule has 0 bridgehead atoms. The van der Waals surface area contributed by atoms with Gasteiger partial charge in [-0.15, -0.1) is 5.10 Å². The molecule has 0 aliphatic rings. The average Bonchev–Trinajstić information content (AvgIpc) is 2.97. The van der Waals surface area contributed by atoms with E-state index in [4.69, 9.17) is 23.2 Å². The molecule has 3 aromatic rings. The zero-order chi connectivity index (χ0) is 21.3. The molecule has 0 unspecified atom stereocenters. The van der Waals surface area contributed by atoms with Crippen molar-refractivity contribution in [2.24, 2.45) is 0 Å². The Labute approximate surface area is 171 Å². The van der Waals surface area contributed by atoms with Crippen molar-refractivity contribution in [3.63, 3.8) is 0 Å². The van der Waals surface area contributed by atoms with Crippen LogP contribution in [0.1, 0.15) is 5.56 Å². The molecule has 1 aromatic carbocycles. The summed E-state index contributed by atoms with van der Waals surface area (Å²) in [6.45, 7) is -0.513. The Hall–Kier alpha value is -2.85. The van der Waals surface area contributed by atoms with Gasteiger partial charge in [0.1, 0.15) is 12.2 Å². The predicted octanol–water partition coefficient (Wildman–Crippen LogP) is 3.59. The molecule has 12 heteroatoms. The van der Waals surface area contributed by atoms with Gasteiger partial charge < -0.3 is 4.74 Å². The van der Waals surface area contributed by atoms with Crippen molar-refractivity contribution in [2.45, 2.75) is 12.7 Å². The SMILES string of the molecule is COC(=O)Cn1nc(-c2ncc(Cl)cc2Cl)n(-c2ccc(C(F)(F)F)cc2)c1=O. The first-order valence-electron chi connectivity index (χ1n) is 7.87. The molecule has 0 amide bonds. The molecule has 2 heterocycles. The third-order valence-corrected chi connectivity index (χ3v) is 4.31. The monoisotopic (exact) mass is 446 g/mol. The summed E-state index contributed by atoms with van der Waals surface area (Å²) in [6.07, 6.45) is -3.27. The van der Waals surface area contributed by atoms with Crippen molar-refractivity contribution in [1.29, 1.82) is 0 Å². The number of rotatable bonds is 4. The minimum atomic E-state index is -4.54. The highest BCUT2D eigenvalue weighted by Crippen LogP contribution is 2.31. The molecule has 0 radical (unpaired) electrons. The van der Waals surface area contributed by atoms with Crippen LogP contribution in [0, 0.1) is 0 Å². The van der Waals surface area contributed by atoms with Crippen molar-refractivity contribution in [3.8, 4) is 17.2 Å². The van der Waals surface area contributed by atoms with Gasteiger partial charge in [-0.2, -0.15) is 13.2 Å². The topological polar surface area (TPSA) is 79.0 Å². The van der Waals surface area contributed by atoms with Crippen molar-refractivity contribution in [2.75, 3.05) is 7.11 Å². The number of esters is 1. The molecule has 29 heavy (non-hydrogen) atoms. The number of aromatic nitrogens is 4. The second-order valence-corrected chi connectivity index (χ2v) is 6.55. The van der Waals surface area contributed by atoms with Crippen molar-refractivity contribution in [1.82, 2.24) is 19.3 Å². The van der Waals surface area contributed by atoms with Crippen LogP contribution in [0.25, 0.3) is 17.2 Å². The molecule has 0 fully saturated rings. The van der Waals surface area contributed by atoms with Gasteiger partial charge in [0.15, 0.2) is 5.82 Å². The van der Waals surface area contributed by atoms with Crippen molar-refractivity contribution in [3.05, 3.63) is 62.6 Å². The Morgan fingerprint density at radius 1 is 1.21 bits per heavy atom. The van der Waals surface area contributed by atoms with Crippen LogP contribution in [-0.2, 0) is 22.3 Å². The molecular weight excluding hydrogens is 436 g/mol. The number of hydrogen-bond acceptors (Lipinski definition) is 5. The van der Waals surface area contributed by atoms with Gasteiger partial charge in [0.25, 0.3) is 0 Å². The minimum absolute atomic E-state index is 0.0525. The lowest BCUT2D eigenvalue weighted by atomic mass is 10.2. The fourth-order valence-corrected chi connectivity index (χ4v) is 2.93. The van der Waals surface area contributed by atoms with E-state index in [0.717, 1.165) is 40.6 Å². The first-order valence-corrected chi connectivity index (χ1v) is 8.63. The fourth-order valence-electron chi connectivity index (χ4n) is 2.46. The summed E-state index contributed by atoms with van der Waals surface area (Å²) >= 11 is 12.0. The van der Waals surface area contributed by atoms with Gasteiger partial charge in [0.05, 0.1) is 28.4 Å². The van der Waals surface area contributed by atoms with E-state index in [-0.39, 0.29) is 27.3 Å². The number of pyridine rings is 1. The molecule has 7 nitrogen and oxygen atoms in total. The van der Waals surface area contributed by atoms with Crippen LogP contribution in [0.2, 0.25) is 10.0 Å². The molecule has 0 saturated heterocycles. The van der Waals surface area contributed by atoms with Gasteiger partial charge in [0, 0.05) is 6.20 Å². The fraction of sp³-hybridized carbons (Fsp3) is 0.176. The molecule has 2 aromatic heterocycles. The van der Waals surface area contributed by atoms with Crippen LogP contribution in [0.4, 0.5) is 13.2 Å². The third kappa shape index (κ3) is 4.28.